The summed E-state index contributed by atoms with van der Waals surface area (Å²) >= 11 is 0. The molecule has 5 rings (SSSR count). The molecule has 33 heavy (non-hydrogen) atoms. The first kappa shape index (κ1) is 21.6. The van der Waals surface area contributed by atoms with Gasteiger partial charge in [0.15, 0.2) is 5.82 Å². The summed E-state index contributed by atoms with van der Waals surface area (Å²) in [5.41, 5.74) is 1.24. The fourth-order valence-electron chi connectivity index (χ4n) is 5.09. The van der Waals surface area contributed by atoms with Crippen LogP contribution in [0.2, 0.25) is 0 Å². The zero-order chi connectivity index (χ0) is 22.8. The third-order valence-corrected chi connectivity index (χ3v) is 7.01. The van der Waals surface area contributed by atoms with Crippen LogP contribution in [0.25, 0.3) is 0 Å². The Morgan fingerprint density at radius 2 is 1.82 bits per heavy atom. The van der Waals surface area contributed by atoms with E-state index in [1.54, 1.807) is 38.6 Å². The molecule has 1 aromatic carbocycles. The predicted molar refractivity (Wildman–Crippen MR) is 129 cm³/mol. The van der Waals surface area contributed by atoms with E-state index in [1.165, 1.54) is 12.8 Å². The van der Waals surface area contributed by atoms with Gasteiger partial charge in [0.2, 0.25) is 0 Å². The molecule has 1 aliphatic carbocycles. The number of rotatable bonds is 4. The largest absolute Gasteiger partial charge is 0.497 e. The van der Waals surface area contributed by atoms with Crippen molar-refractivity contribution in [2.24, 2.45) is 4.99 Å². The average Bonchev–Trinajstić information content (AvgIpc) is 3.37. The molecule has 1 spiro atoms. The maximum atomic E-state index is 13.3. The lowest BCUT2D eigenvalue weighted by Crippen LogP contribution is -2.59. The number of aliphatic imine (C=N–C) groups is 1. The average molecular weight is 450 g/mol. The molecule has 3 heterocycles. The van der Waals surface area contributed by atoms with Crippen LogP contribution in [0.4, 0.5) is 11.5 Å². The number of nitrogens with one attached hydrogen (secondary N) is 2. The Hall–Kier alpha value is -3.29. The van der Waals surface area contributed by atoms with E-state index in [0.29, 0.717) is 36.2 Å². The van der Waals surface area contributed by atoms with E-state index in [9.17, 15) is 4.79 Å². The molecular weight excluding hydrogens is 418 g/mol. The molecule has 2 aliphatic heterocycles. The van der Waals surface area contributed by atoms with E-state index in [-0.39, 0.29) is 11.4 Å². The lowest BCUT2D eigenvalue weighted by molar-refractivity contribution is 0.0704. The number of carbonyl (C=O) groups excluding carboxylic acids is 1. The Balaban J connectivity index is 1.38. The molecule has 1 saturated carbocycles. The van der Waals surface area contributed by atoms with Crippen LogP contribution >= 0.6 is 0 Å². The minimum atomic E-state index is -0.318. The SMILES string of the molecule is COc1cc(OC)cc(C(=O)N2CCC3(CC2)Nc2cccnc2NC3=NC2CCCC2)c1. The van der Waals surface area contributed by atoms with Crippen molar-refractivity contribution in [2.45, 2.75) is 50.1 Å². The number of amidine groups is 1. The van der Waals surface area contributed by atoms with E-state index in [0.717, 1.165) is 43.0 Å². The van der Waals surface area contributed by atoms with Crippen LogP contribution in [0.1, 0.15) is 48.9 Å². The van der Waals surface area contributed by atoms with Crippen molar-refractivity contribution in [3.05, 3.63) is 42.1 Å². The Morgan fingerprint density at radius 1 is 1.12 bits per heavy atom. The number of ether oxygens (including phenoxy) is 2. The van der Waals surface area contributed by atoms with Crippen LogP contribution in [0, 0.1) is 0 Å². The fraction of sp³-hybridized carbons (Fsp3) is 0.480. The topological polar surface area (TPSA) is 88.1 Å². The van der Waals surface area contributed by atoms with Crippen molar-refractivity contribution in [3.8, 4) is 11.5 Å². The fourth-order valence-corrected chi connectivity index (χ4v) is 5.09. The maximum Gasteiger partial charge on any atom is 0.254 e. The van der Waals surface area contributed by atoms with E-state index in [1.807, 2.05) is 17.0 Å². The van der Waals surface area contributed by atoms with Crippen LogP contribution in [0.3, 0.4) is 0 Å². The quantitative estimate of drug-likeness (QED) is 0.735. The summed E-state index contributed by atoms with van der Waals surface area (Å²) in [4.78, 5) is 24.9. The summed E-state index contributed by atoms with van der Waals surface area (Å²) in [6, 6.07) is 9.66. The molecule has 1 amide bonds. The van der Waals surface area contributed by atoms with Crippen molar-refractivity contribution in [3.63, 3.8) is 0 Å². The number of pyridine rings is 1. The minimum Gasteiger partial charge on any atom is -0.497 e. The third-order valence-electron chi connectivity index (χ3n) is 7.01. The van der Waals surface area contributed by atoms with Gasteiger partial charge in [-0.15, -0.1) is 0 Å². The van der Waals surface area contributed by atoms with Gasteiger partial charge in [0.25, 0.3) is 5.91 Å². The molecule has 0 radical (unpaired) electrons. The van der Waals surface area contributed by atoms with E-state index in [2.05, 4.69) is 15.6 Å². The molecule has 0 atom stereocenters. The van der Waals surface area contributed by atoms with Gasteiger partial charge in [0, 0.05) is 30.9 Å². The highest BCUT2D eigenvalue weighted by molar-refractivity contribution is 6.09. The van der Waals surface area contributed by atoms with Gasteiger partial charge in [0.05, 0.1) is 31.5 Å². The second-order valence-electron chi connectivity index (χ2n) is 9.04. The van der Waals surface area contributed by atoms with Gasteiger partial charge < -0.3 is 25.0 Å². The van der Waals surface area contributed by atoms with Crippen molar-refractivity contribution < 1.29 is 14.3 Å². The maximum absolute atomic E-state index is 13.3. The number of fused-ring (bicyclic) bond motifs is 1. The van der Waals surface area contributed by atoms with Gasteiger partial charge in [-0.3, -0.25) is 9.79 Å². The number of benzene rings is 1. The van der Waals surface area contributed by atoms with Gasteiger partial charge >= 0.3 is 0 Å². The smallest absolute Gasteiger partial charge is 0.254 e. The van der Waals surface area contributed by atoms with Gasteiger partial charge in [-0.25, -0.2) is 4.98 Å². The van der Waals surface area contributed by atoms with Gasteiger partial charge in [-0.05, 0) is 49.9 Å². The summed E-state index contributed by atoms with van der Waals surface area (Å²) in [5, 5.41) is 7.27. The standard InChI is InChI=1S/C25H31N5O3/c1-32-19-14-17(15-20(16-19)33-2)23(31)30-12-9-25(10-13-30)24(27-18-6-3-4-7-18)28-22-21(29-25)8-5-11-26-22/h5,8,11,14-16,18,29H,3-4,6-7,9-10,12-13H2,1-2H3,(H,26,27,28). The lowest BCUT2D eigenvalue weighted by Gasteiger charge is -2.46. The van der Waals surface area contributed by atoms with E-state index < -0.39 is 0 Å². The zero-order valence-electron chi connectivity index (χ0n) is 19.3. The number of aromatic nitrogens is 1. The third kappa shape index (κ3) is 4.21. The van der Waals surface area contributed by atoms with E-state index in [4.69, 9.17) is 14.5 Å². The molecule has 0 bridgehead atoms. The highest BCUT2D eigenvalue weighted by atomic mass is 16.5. The molecule has 174 valence electrons. The Bertz CT molecular complexity index is 1030. The Kier molecular flexibility index (Phi) is 5.83. The Labute approximate surface area is 194 Å². The van der Waals surface area contributed by atoms with Crippen molar-refractivity contribution in [2.75, 3.05) is 37.9 Å². The molecule has 0 unspecified atom stereocenters. The monoisotopic (exact) mass is 449 g/mol. The first-order valence-corrected chi connectivity index (χ1v) is 11.7. The second kappa shape index (κ2) is 8.92. The predicted octanol–water partition coefficient (Wildman–Crippen LogP) is 3.95. The van der Waals surface area contributed by atoms with Crippen LogP contribution < -0.4 is 20.1 Å². The minimum absolute atomic E-state index is 0.0119. The van der Waals surface area contributed by atoms with Crippen molar-refractivity contribution in [1.29, 1.82) is 0 Å². The molecule has 8 nitrogen and oxygen atoms in total. The number of hydrogen-bond acceptors (Lipinski definition) is 6. The summed E-state index contributed by atoms with van der Waals surface area (Å²) in [6.07, 6.45) is 8.09. The van der Waals surface area contributed by atoms with Gasteiger partial charge in [-0.1, -0.05) is 12.8 Å². The molecule has 1 aromatic heterocycles. The molecular formula is C25H31N5O3. The lowest BCUT2D eigenvalue weighted by atomic mass is 9.83. The van der Waals surface area contributed by atoms with Crippen molar-refractivity contribution >= 4 is 23.2 Å². The number of nitrogens with zero attached hydrogens (tertiary/aromatic N) is 3. The number of anilines is 2. The summed E-state index contributed by atoms with van der Waals surface area (Å²) < 4.78 is 10.7. The second-order valence-corrected chi connectivity index (χ2v) is 9.04. The highest BCUT2D eigenvalue weighted by Gasteiger charge is 2.44. The Morgan fingerprint density at radius 3 is 2.48 bits per heavy atom. The highest BCUT2D eigenvalue weighted by Crippen LogP contribution is 2.37. The van der Waals surface area contributed by atoms with Crippen molar-refractivity contribution in [1.82, 2.24) is 9.88 Å². The molecule has 2 aromatic rings. The van der Waals surface area contributed by atoms with Gasteiger partial charge in [0.1, 0.15) is 17.3 Å². The summed E-state index contributed by atoms with van der Waals surface area (Å²) in [7, 11) is 3.18. The van der Waals surface area contributed by atoms with E-state index >= 15 is 0 Å². The summed E-state index contributed by atoms with van der Waals surface area (Å²) in [5.74, 6) is 3.00. The number of piperidine rings is 1. The number of carbonyl (C=O) groups is 1. The number of likely N-dealkylation sites (tertiary alicyclic amines) is 1. The molecule has 2 fully saturated rings. The van der Waals surface area contributed by atoms with Crippen LogP contribution in [0.5, 0.6) is 11.5 Å². The first-order chi connectivity index (χ1) is 16.1. The number of methoxy groups -OCH3 is 2. The molecule has 8 heteroatoms. The number of amides is 1. The van der Waals surface area contributed by atoms with Crippen LogP contribution in [-0.4, -0.2) is 60.5 Å². The van der Waals surface area contributed by atoms with Crippen LogP contribution in [-0.2, 0) is 0 Å². The summed E-state index contributed by atoms with van der Waals surface area (Å²) in [6.45, 7) is 1.26. The zero-order valence-corrected chi connectivity index (χ0v) is 19.3. The normalized spacial score (nSPS) is 20.8. The first-order valence-electron chi connectivity index (χ1n) is 11.7. The van der Waals surface area contributed by atoms with Crippen LogP contribution in [0.15, 0.2) is 41.5 Å². The van der Waals surface area contributed by atoms with Gasteiger partial charge in [-0.2, -0.15) is 0 Å². The number of hydrogen-bond donors (Lipinski definition) is 2. The molecule has 2 N–H and O–H groups in total. The molecule has 3 aliphatic rings. The molecule has 1 saturated heterocycles.